The molecule has 1 saturated heterocycles. The number of nitrogens with zero attached hydrogens (tertiary/aromatic N) is 1. The fourth-order valence-corrected chi connectivity index (χ4v) is 5.19. The quantitative estimate of drug-likeness (QED) is 0.505. The number of rotatable bonds is 2. The highest BCUT2D eigenvalue weighted by atomic mass is 15.4. The first-order valence-electron chi connectivity index (χ1n) is 8.15. The second kappa shape index (κ2) is 4.37. The molecule has 1 nitrogen and oxygen atoms in total. The third-order valence-corrected chi connectivity index (χ3v) is 6.48. The van der Waals surface area contributed by atoms with E-state index in [0.717, 1.165) is 5.92 Å². The van der Waals surface area contributed by atoms with E-state index < -0.39 is 0 Å². The van der Waals surface area contributed by atoms with Crippen molar-refractivity contribution in [1.82, 2.24) is 0 Å². The van der Waals surface area contributed by atoms with E-state index in [1.807, 2.05) is 11.1 Å². The van der Waals surface area contributed by atoms with Gasteiger partial charge in [-0.3, -0.25) is 0 Å². The largest absolute Gasteiger partial charge is 0.317 e. The summed E-state index contributed by atoms with van der Waals surface area (Å²) >= 11 is 0. The molecular formula is C17H30N+. The summed E-state index contributed by atoms with van der Waals surface area (Å²) in [7, 11) is 2.56. The van der Waals surface area contributed by atoms with Gasteiger partial charge in [0.1, 0.15) is 5.54 Å². The molecule has 1 fully saturated rings. The van der Waals surface area contributed by atoms with Gasteiger partial charge in [0.2, 0.25) is 0 Å². The predicted molar refractivity (Wildman–Crippen MR) is 77.4 cm³/mol. The second-order valence-corrected chi connectivity index (χ2v) is 7.45. The van der Waals surface area contributed by atoms with Crippen LogP contribution in [-0.2, 0) is 0 Å². The fraction of sp³-hybridized carbons (Fsp3) is 0.882. The van der Waals surface area contributed by atoms with Crippen LogP contribution < -0.4 is 0 Å². The van der Waals surface area contributed by atoms with Crippen LogP contribution in [0.4, 0.5) is 0 Å². The highest BCUT2D eigenvalue weighted by Gasteiger charge is 2.54. The van der Waals surface area contributed by atoms with Gasteiger partial charge in [0.15, 0.2) is 0 Å². The number of quaternary nitrogens is 1. The SMILES string of the molecule is CCC[C@H]1CC[C@]2(C)C3=C(CCC3)CC[N@+]2(C)C1. The van der Waals surface area contributed by atoms with Crippen LogP contribution in [0.5, 0.6) is 0 Å². The molecule has 0 radical (unpaired) electrons. The van der Waals surface area contributed by atoms with Crippen molar-refractivity contribution in [3.8, 4) is 0 Å². The topological polar surface area (TPSA) is 0 Å². The standard InChI is InChI=1S/C17H30N/c1-4-6-14-9-11-17(2)16-8-5-7-15(16)10-12-18(17,3)13-14/h14H,4-13H2,1-3H3/q+1/t14-,17+,18+/m0/s1. The van der Waals surface area contributed by atoms with E-state index in [-0.39, 0.29) is 0 Å². The van der Waals surface area contributed by atoms with Gasteiger partial charge in [-0.15, -0.1) is 0 Å². The van der Waals surface area contributed by atoms with Gasteiger partial charge in [-0.1, -0.05) is 18.9 Å². The zero-order chi connectivity index (χ0) is 12.8. The first-order chi connectivity index (χ1) is 8.59. The first kappa shape index (κ1) is 12.7. The van der Waals surface area contributed by atoms with Crippen LogP contribution in [0, 0.1) is 5.92 Å². The third kappa shape index (κ3) is 1.70. The van der Waals surface area contributed by atoms with Crippen molar-refractivity contribution < 1.29 is 4.48 Å². The zero-order valence-electron chi connectivity index (χ0n) is 12.6. The maximum atomic E-state index is 2.59. The normalized spacial score (nSPS) is 43.8. The van der Waals surface area contributed by atoms with Crippen LogP contribution >= 0.6 is 0 Å². The highest BCUT2D eigenvalue weighted by molar-refractivity contribution is 5.30. The Bertz CT molecular complexity index is 370. The molecule has 2 aliphatic heterocycles. The smallest absolute Gasteiger partial charge is 0.118 e. The zero-order valence-corrected chi connectivity index (χ0v) is 12.6. The molecule has 0 saturated carbocycles. The maximum Gasteiger partial charge on any atom is 0.118 e. The number of likely N-dealkylation sites (N-methyl/N-ethyl adjacent to an activating group) is 1. The minimum atomic E-state index is 0.508. The summed E-state index contributed by atoms with van der Waals surface area (Å²) in [6.07, 6.45) is 11.4. The molecule has 0 spiro atoms. The molecule has 0 bridgehead atoms. The van der Waals surface area contributed by atoms with Crippen molar-refractivity contribution in [2.75, 3.05) is 20.1 Å². The summed E-state index contributed by atoms with van der Waals surface area (Å²) in [5.74, 6) is 0.997. The molecule has 0 aromatic rings. The fourth-order valence-electron chi connectivity index (χ4n) is 5.19. The average Bonchev–Trinajstić information content (AvgIpc) is 2.81. The average molecular weight is 248 g/mol. The van der Waals surface area contributed by atoms with Gasteiger partial charge >= 0.3 is 0 Å². The molecule has 3 atom stereocenters. The molecule has 2 heterocycles. The Morgan fingerprint density at radius 2 is 2.11 bits per heavy atom. The summed E-state index contributed by atoms with van der Waals surface area (Å²) in [6.45, 7) is 7.80. The molecule has 0 N–H and O–H groups in total. The molecule has 0 aromatic carbocycles. The molecule has 0 amide bonds. The van der Waals surface area contributed by atoms with E-state index in [9.17, 15) is 0 Å². The van der Waals surface area contributed by atoms with Crippen LogP contribution in [-0.4, -0.2) is 30.2 Å². The minimum absolute atomic E-state index is 0.508. The Morgan fingerprint density at radius 1 is 1.28 bits per heavy atom. The lowest BCUT2D eigenvalue weighted by Crippen LogP contribution is -2.67. The molecule has 0 aromatic heterocycles. The van der Waals surface area contributed by atoms with Crippen molar-refractivity contribution in [2.24, 2.45) is 5.92 Å². The summed E-state index contributed by atoms with van der Waals surface area (Å²) in [4.78, 5) is 0. The lowest BCUT2D eigenvalue weighted by atomic mass is 9.71. The molecule has 3 rings (SSSR count). The van der Waals surface area contributed by atoms with E-state index in [4.69, 9.17) is 0 Å². The van der Waals surface area contributed by atoms with Crippen LogP contribution in [0.15, 0.2) is 11.1 Å². The van der Waals surface area contributed by atoms with Crippen molar-refractivity contribution in [1.29, 1.82) is 0 Å². The van der Waals surface area contributed by atoms with Gasteiger partial charge in [0.05, 0.1) is 20.1 Å². The Kier molecular flexibility index (Phi) is 3.09. The number of piperidine rings is 1. The van der Waals surface area contributed by atoms with Gasteiger partial charge in [-0.05, 0) is 44.6 Å². The summed E-state index contributed by atoms with van der Waals surface area (Å²) in [5.41, 5.74) is 4.27. The summed E-state index contributed by atoms with van der Waals surface area (Å²) in [5, 5.41) is 0. The van der Waals surface area contributed by atoms with Crippen LogP contribution in [0.3, 0.4) is 0 Å². The Hall–Kier alpha value is -0.300. The molecular weight excluding hydrogens is 218 g/mol. The molecule has 1 aliphatic carbocycles. The minimum Gasteiger partial charge on any atom is -0.317 e. The van der Waals surface area contributed by atoms with Crippen molar-refractivity contribution in [3.05, 3.63) is 11.1 Å². The monoisotopic (exact) mass is 248 g/mol. The van der Waals surface area contributed by atoms with Crippen LogP contribution in [0.2, 0.25) is 0 Å². The van der Waals surface area contributed by atoms with E-state index >= 15 is 0 Å². The molecule has 1 heteroatoms. The van der Waals surface area contributed by atoms with Crippen molar-refractivity contribution >= 4 is 0 Å². The van der Waals surface area contributed by atoms with Crippen molar-refractivity contribution in [2.45, 2.75) is 70.8 Å². The lowest BCUT2D eigenvalue weighted by Gasteiger charge is -2.57. The van der Waals surface area contributed by atoms with E-state index in [1.165, 1.54) is 68.9 Å². The van der Waals surface area contributed by atoms with Gasteiger partial charge in [0, 0.05) is 18.8 Å². The van der Waals surface area contributed by atoms with Crippen LogP contribution in [0.25, 0.3) is 0 Å². The predicted octanol–water partition coefficient (Wildman–Crippen LogP) is 4.29. The maximum absolute atomic E-state index is 2.59. The first-order valence-corrected chi connectivity index (χ1v) is 8.15. The molecule has 18 heavy (non-hydrogen) atoms. The molecule has 102 valence electrons. The summed E-state index contributed by atoms with van der Waals surface area (Å²) < 4.78 is 1.36. The summed E-state index contributed by atoms with van der Waals surface area (Å²) in [6, 6.07) is 0. The second-order valence-electron chi connectivity index (χ2n) is 7.45. The third-order valence-electron chi connectivity index (χ3n) is 6.48. The number of hydrogen-bond donors (Lipinski definition) is 0. The van der Waals surface area contributed by atoms with E-state index in [2.05, 4.69) is 20.9 Å². The van der Waals surface area contributed by atoms with Gasteiger partial charge in [-0.2, -0.15) is 0 Å². The lowest BCUT2D eigenvalue weighted by molar-refractivity contribution is -0.961. The van der Waals surface area contributed by atoms with Gasteiger partial charge in [0.25, 0.3) is 0 Å². The van der Waals surface area contributed by atoms with E-state index in [0.29, 0.717) is 5.54 Å². The van der Waals surface area contributed by atoms with Gasteiger partial charge in [-0.25, -0.2) is 0 Å². The van der Waals surface area contributed by atoms with Crippen molar-refractivity contribution in [3.63, 3.8) is 0 Å². The number of hydrogen-bond acceptors (Lipinski definition) is 0. The molecule has 0 unspecified atom stereocenters. The number of fused-ring (bicyclic) bond motifs is 2. The van der Waals surface area contributed by atoms with Crippen LogP contribution in [0.1, 0.15) is 65.2 Å². The highest BCUT2D eigenvalue weighted by Crippen LogP contribution is 2.51. The van der Waals surface area contributed by atoms with Gasteiger partial charge < -0.3 is 4.48 Å². The van der Waals surface area contributed by atoms with E-state index in [1.54, 1.807) is 0 Å². The Morgan fingerprint density at radius 3 is 2.89 bits per heavy atom. The molecule has 3 aliphatic rings. The Balaban J connectivity index is 1.89. The Labute approximate surface area is 113 Å².